The molecule has 6 heteroatoms. The molecule has 0 aliphatic heterocycles. The van der Waals surface area contributed by atoms with Gasteiger partial charge in [0.2, 0.25) is 0 Å². The maximum atomic E-state index is 13.6. The molecule has 0 radical (unpaired) electrons. The standard InChI is InChI=1S/C20H16F2N2O2/c21-17-7-4-8-18(22)20(17)24-15-11-9-14(10-12-15)23-19(25)13-26-16-5-2-1-3-6-16/h1-12,24H,13H2,(H,23,25). The molecular weight excluding hydrogens is 338 g/mol. The van der Waals surface area contributed by atoms with Crippen LogP contribution in [0.3, 0.4) is 0 Å². The number of rotatable bonds is 6. The van der Waals surface area contributed by atoms with Crippen LogP contribution < -0.4 is 15.4 Å². The monoisotopic (exact) mass is 354 g/mol. The predicted molar refractivity (Wildman–Crippen MR) is 96.6 cm³/mol. The minimum Gasteiger partial charge on any atom is -0.484 e. The van der Waals surface area contributed by atoms with Crippen molar-refractivity contribution in [3.63, 3.8) is 0 Å². The van der Waals surface area contributed by atoms with Gasteiger partial charge in [0.25, 0.3) is 5.91 Å². The minimum atomic E-state index is -0.680. The Bertz CT molecular complexity index is 864. The average molecular weight is 354 g/mol. The highest BCUT2D eigenvalue weighted by Gasteiger charge is 2.09. The minimum absolute atomic E-state index is 0.121. The van der Waals surface area contributed by atoms with Crippen LogP contribution in [0.1, 0.15) is 0 Å². The number of benzene rings is 3. The second-order valence-corrected chi connectivity index (χ2v) is 5.45. The predicted octanol–water partition coefficient (Wildman–Crippen LogP) is 4.73. The number of nitrogens with one attached hydrogen (secondary N) is 2. The highest BCUT2D eigenvalue weighted by molar-refractivity contribution is 5.92. The van der Waals surface area contributed by atoms with E-state index in [0.29, 0.717) is 17.1 Å². The fraction of sp³-hybridized carbons (Fsp3) is 0.0500. The first-order valence-electron chi connectivity index (χ1n) is 7.90. The SMILES string of the molecule is O=C(COc1ccccc1)Nc1ccc(Nc2c(F)cccc2F)cc1. The van der Waals surface area contributed by atoms with Gasteiger partial charge in [-0.05, 0) is 48.5 Å². The summed E-state index contributed by atoms with van der Waals surface area (Å²) < 4.78 is 32.6. The molecule has 3 aromatic carbocycles. The summed E-state index contributed by atoms with van der Waals surface area (Å²) in [7, 11) is 0. The van der Waals surface area contributed by atoms with E-state index in [9.17, 15) is 13.6 Å². The van der Waals surface area contributed by atoms with Crippen molar-refractivity contribution in [3.05, 3.63) is 84.4 Å². The van der Waals surface area contributed by atoms with E-state index in [1.54, 1.807) is 36.4 Å². The number of para-hydroxylation sites is 2. The van der Waals surface area contributed by atoms with Gasteiger partial charge in [0.1, 0.15) is 23.1 Å². The average Bonchev–Trinajstić information content (AvgIpc) is 2.65. The van der Waals surface area contributed by atoms with E-state index in [4.69, 9.17) is 4.74 Å². The van der Waals surface area contributed by atoms with E-state index in [-0.39, 0.29) is 18.2 Å². The quantitative estimate of drug-likeness (QED) is 0.673. The molecule has 0 fully saturated rings. The number of carbonyl (C=O) groups excluding carboxylic acids is 1. The maximum absolute atomic E-state index is 13.6. The molecule has 3 aromatic rings. The van der Waals surface area contributed by atoms with Gasteiger partial charge in [0.05, 0.1) is 0 Å². The largest absolute Gasteiger partial charge is 0.484 e. The van der Waals surface area contributed by atoms with E-state index < -0.39 is 11.6 Å². The Morgan fingerprint density at radius 1 is 0.808 bits per heavy atom. The van der Waals surface area contributed by atoms with Gasteiger partial charge in [0.15, 0.2) is 6.61 Å². The van der Waals surface area contributed by atoms with Crippen LogP contribution in [0, 0.1) is 11.6 Å². The second kappa shape index (κ2) is 8.11. The van der Waals surface area contributed by atoms with Crippen LogP contribution in [0.2, 0.25) is 0 Å². The molecule has 0 saturated heterocycles. The number of amides is 1. The molecule has 0 aliphatic rings. The van der Waals surface area contributed by atoms with Crippen LogP contribution >= 0.6 is 0 Å². The summed E-state index contributed by atoms with van der Waals surface area (Å²) in [5.74, 6) is -1.07. The second-order valence-electron chi connectivity index (χ2n) is 5.45. The summed E-state index contributed by atoms with van der Waals surface area (Å²) in [6.45, 7) is -0.121. The van der Waals surface area contributed by atoms with Crippen LogP contribution in [-0.2, 0) is 4.79 Å². The highest BCUT2D eigenvalue weighted by Crippen LogP contribution is 2.24. The summed E-state index contributed by atoms with van der Waals surface area (Å²) in [6.07, 6.45) is 0. The van der Waals surface area contributed by atoms with Crippen LogP contribution in [0.15, 0.2) is 72.8 Å². The molecule has 0 unspecified atom stereocenters. The molecule has 0 saturated carbocycles. The lowest BCUT2D eigenvalue weighted by Gasteiger charge is -2.10. The molecule has 0 bridgehead atoms. The van der Waals surface area contributed by atoms with Crippen LogP contribution in [0.4, 0.5) is 25.8 Å². The Morgan fingerprint density at radius 2 is 1.42 bits per heavy atom. The fourth-order valence-corrected chi connectivity index (χ4v) is 2.26. The van der Waals surface area contributed by atoms with E-state index in [1.807, 2.05) is 18.2 Å². The van der Waals surface area contributed by atoms with Crippen molar-refractivity contribution in [2.24, 2.45) is 0 Å². The van der Waals surface area contributed by atoms with E-state index >= 15 is 0 Å². The van der Waals surface area contributed by atoms with Crippen LogP contribution in [0.25, 0.3) is 0 Å². The molecule has 3 rings (SSSR count). The summed E-state index contributed by atoms with van der Waals surface area (Å²) >= 11 is 0. The lowest BCUT2D eigenvalue weighted by atomic mass is 10.2. The summed E-state index contributed by atoms with van der Waals surface area (Å²) in [5, 5.41) is 5.37. The molecule has 132 valence electrons. The van der Waals surface area contributed by atoms with E-state index in [1.165, 1.54) is 18.2 Å². The van der Waals surface area contributed by atoms with Crippen LogP contribution in [-0.4, -0.2) is 12.5 Å². The molecule has 0 aromatic heterocycles. The van der Waals surface area contributed by atoms with Gasteiger partial charge in [-0.25, -0.2) is 8.78 Å². The Balaban J connectivity index is 1.56. The summed E-state index contributed by atoms with van der Waals surface area (Å²) in [6, 6.07) is 19.1. The fourth-order valence-electron chi connectivity index (χ4n) is 2.26. The van der Waals surface area contributed by atoms with Gasteiger partial charge >= 0.3 is 0 Å². The maximum Gasteiger partial charge on any atom is 0.262 e. The number of anilines is 3. The number of ether oxygens (including phenoxy) is 1. The van der Waals surface area contributed by atoms with Crippen molar-refractivity contribution in [2.75, 3.05) is 17.2 Å². The van der Waals surface area contributed by atoms with Crippen molar-refractivity contribution < 1.29 is 18.3 Å². The van der Waals surface area contributed by atoms with Crippen LogP contribution in [0.5, 0.6) is 5.75 Å². The van der Waals surface area contributed by atoms with Crippen molar-refractivity contribution in [1.29, 1.82) is 0 Å². The van der Waals surface area contributed by atoms with Gasteiger partial charge in [0, 0.05) is 11.4 Å². The lowest BCUT2D eigenvalue weighted by Crippen LogP contribution is -2.20. The van der Waals surface area contributed by atoms with Gasteiger partial charge in [-0.2, -0.15) is 0 Å². The zero-order valence-corrected chi connectivity index (χ0v) is 13.7. The smallest absolute Gasteiger partial charge is 0.262 e. The van der Waals surface area contributed by atoms with E-state index in [2.05, 4.69) is 10.6 Å². The normalized spacial score (nSPS) is 10.2. The summed E-state index contributed by atoms with van der Waals surface area (Å²) in [4.78, 5) is 11.9. The van der Waals surface area contributed by atoms with Crippen molar-refractivity contribution in [3.8, 4) is 5.75 Å². The van der Waals surface area contributed by atoms with Gasteiger partial charge in [-0.1, -0.05) is 24.3 Å². The Kier molecular flexibility index (Phi) is 5.43. The number of carbonyl (C=O) groups is 1. The van der Waals surface area contributed by atoms with Crippen molar-refractivity contribution in [1.82, 2.24) is 0 Å². The Morgan fingerprint density at radius 3 is 2.08 bits per heavy atom. The molecule has 0 spiro atoms. The first kappa shape index (κ1) is 17.4. The first-order valence-corrected chi connectivity index (χ1v) is 7.90. The zero-order valence-electron chi connectivity index (χ0n) is 13.7. The third kappa shape index (κ3) is 4.57. The Hall–Kier alpha value is -3.41. The molecule has 4 nitrogen and oxygen atoms in total. The van der Waals surface area contributed by atoms with Gasteiger partial charge in [-0.3, -0.25) is 4.79 Å². The molecule has 0 atom stereocenters. The molecule has 0 heterocycles. The first-order chi connectivity index (χ1) is 12.6. The molecule has 26 heavy (non-hydrogen) atoms. The lowest BCUT2D eigenvalue weighted by molar-refractivity contribution is -0.118. The Labute approximate surface area is 149 Å². The number of halogens is 2. The molecule has 0 aliphatic carbocycles. The third-order valence-corrected chi connectivity index (χ3v) is 3.51. The summed E-state index contributed by atoms with van der Waals surface area (Å²) in [5.41, 5.74) is 0.819. The van der Waals surface area contributed by atoms with Gasteiger partial charge in [-0.15, -0.1) is 0 Å². The topological polar surface area (TPSA) is 50.4 Å². The van der Waals surface area contributed by atoms with Gasteiger partial charge < -0.3 is 15.4 Å². The van der Waals surface area contributed by atoms with E-state index in [0.717, 1.165) is 0 Å². The molecule has 1 amide bonds. The molecular formula is C20H16F2N2O2. The van der Waals surface area contributed by atoms with Crippen molar-refractivity contribution >= 4 is 23.0 Å². The number of hydrogen-bond donors (Lipinski definition) is 2. The zero-order chi connectivity index (χ0) is 18.4. The number of hydrogen-bond acceptors (Lipinski definition) is 3. The van der Waals surface area contributed by atoms with Crippen molar-refractivity contribution in [2.45, 2.75) is 0 Å². The third-order valence-electron chi connectivity index (χ3n) is 3.51. The molecule has 2 N–H and O–H groups in total. The highest BCUT2D eigenvalue weighted by atomic mass is 19.1.